The number of carbonyl (C=O) groups is 4. The van der Waals surface area contributed by atoms with Crippen LogP contribution >= 0.6 is 0 Å². The number of benzene rings is 2. The number of hydrogen-bond acceptors (Lipinski definition) is 15. The molecule has 2 unspecified atom stereocenters. The number of rotatable bonds is 18. The Morgan fingerprint density at radius 1 is 0.662 bits per heavy atom. The van der Waals surface area contributed by atoms with Crippen LogP contribution in [-0.4, -0.2) is 128 Å². The summed E-state index contributed by atoms with van der Waals surface area (Å²) < 4.78 is 2.56. The number of carbonyl (C=O) groups excluding carboxylic acids is 2. The molecule has 0 aliphatic heterocycles. The molecule has 0 bridgehead atoms. The summed E-state index contributed by atoms with van der Waals surface area (Å²) in [6.07, 6.45) is 0.113. The van der Waals surface area contributed by atoms with E-state index in [-0.39, 0.29) is 52.6 Å². The summed E-state index contributed by atoms with van der Waals surface area (Å²) in [5.74, 6) is -3.20. The Labute approximate surface area is 376 Å². The predicted octanol–water partition coefficient (Wildman–Crippen LogP) is 4.86. The van der Waals surface area contributed by atoms with E-state index in [4.69, 9.17) is 20.1 Å². The molecular weight excluding hydrogens is 845 g/mol. The van der Waals surface area contributed by atoms with Crippen molar-refractivity contribution >= 4 is 46.5 Å². The summed E-state index contributed by atoms with van der Waals surface area (Å²) in [5.41, 5.74) is 2.40. The normalized spacial score (nSPS) is 12.0. The third-order valence-electron chi connectivity index (χ3n) is 8.96. The van der Waals surface area contributed by atoms with E-state index in [2.05, 4.69) is 31.1 Å². The van der Waals surface area contributed by atoms with Crippen molar-refractivity contribution in [1.29, 1.82) is 0 Å². The first-order chi connectivity index (χ1) is 30.5. The number of carboxylic acid groups (broad SMARTS) is 2. The quantitative estimate of drug-likeness (QED) is 0.0657. The Morgan fingerprint density at radius 3 is 1.35 bits per heavy atom. The van der Waals surface area contributed by atoms with Gasteiger partial charge in [-0.3, -0.25) is 33.1 Å². The van der Waals surface area contributed by atoms with Gasteiger partial charge in [0, 0.05) is 55.9 Å². The zero-order valence-electron chi connectivity index (χ0n) is 38.1. The Balaban J connectivity index is 0.00000131. The van der Waals surface area contributed by atoms with E-state index in [0.717, 1.165) is 20.0 Å². The van der Waals surface area contributed by atoms with Crippen molar-refractivity contribution in [3.05, 3.63) is 104 Å². The highest BCUT2D eigenvalue weighted by molar-refractivity contribution is 5.95. The van der Waals surface area contributed by atoms with Gasteiger partial charge in [0.05, 0.1) is 11.4 Å². The zero-order valence-corrected chi connectivity index (χ0v) is 38.1. The minimum absolute atomic E-state index is 0.168. The Bertz CT molecular complexity index is 2400. The average Bonchev–Trinajstić information content (AvgIpc) is 3.22. The molecule has 2 aromatic carbocycles. The van der Waals surface area contributed by atoms with E-state index in [1.165, 1.54) is 28.2 Å². The van der Waals surface area contributed by atoms with Gasteiger partial charge in [-0.05, 0) is 141 Å². The van der Waals surface area contributed by atoms with Crippen molar-refractivity contribution in [3.63, 3.8) is 0 Å². The fourth-order valence-electron chi connectivity index (χ4n) is 5.53. The summed E-state index contributed by atoms with van der Waals surface area (Å²) in [6, 6.07) is 15.3. The minimum atomic E-state index is -1.23. The molecule has 2 aromatic heterocycles. The highest BCUT2D eigenvalue weighted by Gasteiger charge is 2.16. The van der Waals surface area contributed by atoms with Crippen LogP contribution in [0.15, 0.2) is 90.7 Å². The molecule has 2 amide bonds. The Kier molecular flexibility index (Phi) is 22.0. The number of azo groups is 2. The first-order valence-electron chi connectivity index (χ1n) is 20.4. The van der Waals surface area contributed by atoms with Crippen molar-refractivity contribution < 1.29 is 44.7 Å². The van der Waals surface area contributed by atoms with Gasteiger partial charge in [0.15, 0.2) is 0 Å². The number of aliphatic carboxylic acids is 2. The van der Waals surface area contributed by atoms with Crippen molar-refractivity contribution in [2.24, 2.45) is 20.5 Å². The van der Waals surface area contributed by atoms with Gasteiger partial charge in [-0.25, -0.2) is 4.79 Å². The molecule has 7 N–H and O–H groups in total. The van der Waals surface area contributed by atoms with Gasteiger partial charge in [-0.2, -0.15) is 10.2 Å². The van der Waals surface area contributed by atoms with Crippen molar-refractivity contribution in [1.82, 2.24) is 29.6 Å². The summed E-state index contributed by atoms with van der Waals surface area (Å²) in [4.78, 5) is 73.1. The van der Waals surface area contributed by atoms with Crippen molar-refractivity contribution in [2.45, 2.75) is 72.7 Å². The van der Waals surface area contributed by atoms with Crippen LogP contribution in [0.3, 0.4) is 0 Å². The third kappa shape index (κ3) is 18.6. The maximum absolute atomic E-state index is 12.9. The van der Waals surface area contributed by atoms with Crippen LogP contribution in [0.25, 0.3) is 0 Å². The minimum Gasteiger partial charge on any atom is -0.493 e. The third-order valence-corrected chi connectivity index (χ3v) is 8.96. The SMILES string of the molecule is CC(=O)O.CC(O)C(=O)O.Cc1cc(=O)n(CCCN(C)C)c(O)c1N=Nc1ccc(C(=O)NCC(C)NC(=O)c2ccc(N=Nc3c(C)cc(=O)n(CCCN(C)C)c3O)cc2)cc1. The molecule has 0 radical (unpaired) electrons. The lowest BCUT2D eigenvalue weighted by Gasteiger charge is -2.15. The second-order valence-corrected chi connectivity index (χ2v) is 15.4. The molecule has 21 heteroatoms. The molecule has 0 aliphatic carbocycles. The van der Waals surface area contributed by atoms with Gasteiger partial charge in [-0.1, -0.05) is 0 Å². The fourth-order valence-corrected chi connectivity index (χ4v) is 5.53. The number of aromatic nitrogens is 2. The van der Waals surface area contributed by atoms with Gasteiger partial charge in [0.25, 0.3) is 28.9 Å². The van der Waals surface area contributed by atoms with Crippen LogP contribution in [0.2, 0.25) is 0 Å². The number of amides is 2. The Morgan fingerprint density at radius 2 is 1.02 bits per heavy atom. The van der Waals surface area contributed by atoms with Crippen LogP contribution in [0, 0.1) is 13.8 Å². The second kappa shape index (κ2) is 26.5. The maximum Gasteiger partial charge on any atom is 0.332 e. The van der Waals surface area contributed by atoms with E-state index < -0.39 is 24.1 Å². The number of nitrogens with one attached hydrogen (secondary N) is 2. The molecule has 4 rings (SSSR count). The van der Waals surface area contributed by atoms with Crippen LogP contribution < -0.4 is 21.8 Å². The topological polar surface area (TPSA) is 293 Å². The molecule has 21 nitrogen and oxygen atoms in total. The first kappa shape index (κ1) is 54.0. The van der Waals surface area contributed by atoms with Crippen LogP contribution in [0.4, 0.5) is 22.7 Å². The lowest BCUT2D eigenvalue weighted by molar-refractivity contribution is -0.145. The van der Waals surface area contributed by atoms with E-state index in [1.807, 2.05) is 38.0 Å². The monoisotopic (exact) mass is 904 g/mol. The molecule has 0 aliphatic rings. The summed E-state index contributed by atoms with van der Waals surface area (Å²) >= 11 is 0. The summed E-state index contributed by atoms with van der Waals surface area (Å²) in [7, 11) is 7.74. The lowest BCUT2D eigenvalue weighted by Crippen LogP contribution is -2.41. The number of aliphatic hydroxyl groups is 1. The number of aromatic hydroxyl groups is 2. The number of nitrogens with zero attached hydrogens (tertiary/aromatic N) is 8. The predicted molar refractivity (Wildman–Crippen MR) is 244 cm³/mol. The van der Waals surface area contributed by atoms with Gasteiger partial charge in [-0.15, -0.1) is 10.2 Å². The van der Waals surface area contributed by atoms with Crippen molar-refractivity contribution in [3.8, 4) is 11.8 Å². The van der Waals surface area contributed by atoms with Gasteiger partial charge >= 0.3 is 5.97 Å². The van der Waals surface area contributed by atoms with Gasteiger partial charge in [0.1, 0.15) is 17.5 Å². The van der Waals surface area contributed by atoms with E-state index in [9.17, 15) is 34.2 Å². The molecule has 0 fully saturated rings. The Hall–Kier alpha value is -7.10. The molecule has 4 aromatic rings. The number of aryl methyl sites for hydroxylation is 2. The molecular formula is C44H60N10O11. The molecule has 2 heterocycles. The number of pyridine rings is 2. The highest BCUT2D eigenvalue weighted by atomic mass is 16.4. The van der Waals surface area contributed by atoms with Gasteiger partial charge < -0.3 is 46.0 Å². The average molecular weight is 905 g/mol. The van der Waals surface area contributed by atoms with Crippen LogP contribution in [0.1, 0.15) is 65.5 Å². The van der Waals surface area contributed by atoms with Crippen LogP contribution in [0.5, 0.6) is 11.8 Å². The molecule has 352 valence electrons. The standard InChI is InChI=1S/C39H50N10O6.C3H6O3.C2H4O2/c1-25-22-32(50)48(20-8-18-46(4)5)38(54)34(25)44-42-30-14-10-28(11-15-30)36(52)40-24-27(3)41-37(53)29-12-16-31(17-13-29)43-45-35-26(2)23-33(51)49(39(35)55)21-9-19-47(6)7;1-2(4)3(5)6;1-2(3)4/h10-17,22-23,27,54-55H,8-9,18-21,24H2,1-7H3,(H,40,52)(H,41,53);2,4H,1H3,(H,5,6);1H3,(H,3,4). The maximum atomic E-state index is 12.9. The van der Waals surface area contributed by atoms with E-state index in [1.54, 1.807) is 69.3 Å². The number of aliphatic hydroxyl groups excluding tert-OH is 1. The van der Waals surface area contributed by atoms with E-state index >= 15 is 0 Å². The molecule has 0 saturated carbocycles. The summed E-state index contributed by atoms with van der Waals surface area (Å²) in [6.45, 7) is 9.75. The van der Waals surface area contributed by atoms with E-state index in [0.29, 0.717) is 59.6 Å². The number of carboxylic acids is 2. The van der Waals surface area contributed by atoms with Crippen LogP contribution in [-0.2, 0) is 22.7 Å². The van der Waals surface area contributed by atoms with Gasteiger partial charge in [0.2, 0.25) is 11.8 Å². The number of hydrogen-bond donors (Lipinski definition) is 7. The van der Waals surface area contributed by atoms with Crippen molar-refractivity contribution in [2.75, 3.05) is 47.8 Å². The molecule has 0 spiro atoms. The first-order valence-corrected chi connectivity index (χ1v) is 20.4. The molecule has 65 heavy (non-hydrogen) atoms. The smallest absolute Gasteiger partial charge is 0.332 e. The second-order valence-electron chi connectivity index (χ2n) is 15.4. The zero-order chi connectivity index (χ0) is 49.0. The lowest BCUT2D eigenvalue weighted by atomic mass is 10.1. The fraction of sp³-hybridized carbons (Fsp3) is 0.409. The highest BCUT2D eigenvalue weighted by Crippen LogP contribution is 2.32. The summed E-state index contributed by atoms with van der Waals surface area (Å²) in [5, 5.41) is 67.1. The molecule has 0 saturated heterocycles. The largest absolute Gasteiger partial charge is 0.493 e. The molecule has 2 atom stereocenters.